The van der Waals surface area contributed by atoms with Crippen LogP contribution in [0, 0.1) is 11.6 Å². The summed E-state index contributed by atoms with van der Waals surface area (Å²) in [5.41, 5.74) is -0.584. The summed E-state index contributed by atoms with van der Waals surface area (Å²) in [5.74, 6) is -1.16. The zero-order valence-corrected chi connectivity index (χ0v) is 11.3. The van der Waals surface area contributed by atoms with E-state index in [1.807, 2.05) is 13.8 Å². The molecule has 0 amide bonds. The standard InChI is InChI=1S/C14H20F2O2/c1-9(2)10-7-11(15)13(12(16)8-10)14(3,4)18-6-5-17/h7-9,17H,5-6H2,1-4H3. The van der Waals surface area contributed by atoms with Crippen molar-refractivity contribution in [3.63, 3.8) is 0 Å². The first-order valence-electron chi connectivity index (χ1n) is 6.04. The highest BCUT2D eigenvalue weighted by atomic mass is 19.1. The second-order valence-corrected chi connectivity index (χ2v) is 5.10. The normalized spacial score (nSPS) is 12.2. The van der Waals surface area contributed by atoms with Gasteiger partial charge >= 0.3 is 0 Å². The van der Waals surface area contributed by atoms with Gasteiger partial charge in [-0.05, 0) is 37.5 Å². The quantitative estimate of drug-likeness (QED) is 0.877. The first kappa shape index (κ1) is 15.1. The molecule has 0 fully saturated rings. The molecule has 0 spiro atoms. The van der Waals surface area contributed by atoms with E-state index in [-0.39, 0.29) is 24.7 Å². The van der Waals surface area contributed by atoms with E-state index in [0.29, 0.717) is 5.56 Å². The van der Waals surface area contributed by atoms with E-state index in [0.717, 1.165) is 0 Å². The van der Waals surface area contributed by atoms with Gasteiger partial charge in [-0.15, -0.1) is 0 Å². The minimum atomic E-state index is -1.10. The Labute approximate surface area is 107 Å². The summed E-state index contributed by atoms with van der Waals surface area (Å²) in [5, 5.41) is 8.72. The minimum absolute atomic E-state index is 0.0395. The third-order valence-electron chi connectivity index (χ3n) is 2.89. The number of ether oxygens (including phenoxy) is 1. The van der Waals surface area contributed by atoms with Crippen LogP contribution in [0.2, 0.25) is 0 Å². The molecule has 0 radical (unpaired) electrons. The van der Waals surface area contributed by atoms with E-state index in [2.05, 4.69) is 0 Å². The highest BCUT2D eigenvalue weighted by Crippen LogP contribution is 2.31. The van der Waals surface area contributed by atoms with Crippen molar-refractivity contribution >= 4 is 0 Å². The smallest absolute Gasteiger partial charge is 0.132 e. The number of rotatable bonds is 5. The van der Waals surface area contributed by atoms with Gasteiger partial charge in [0.1, 0.15) is 11.6 Å². The molecule has 0 saturated heterocycles. The van der Waals surface area contributed by atoms with Gasteiger partial charge in [-0.3, -0.25) is 0 Å². The minimum Gasteiger partial charge on any atom is -0.394 e. The van der Waals surface area contributed by atoms with Crippen LogP contribution in [0.15, 0.2) is 12.1 Å². The van der Waals surface area contributed by atoms with E-state index < -0.39 is 17.2 Å². The summed E-state index contributed by atoms with van der Waals surface area (Å²) in [7, 11) is 0. The number of benzene rings is 1. The van der Waals surface area contributed by atoms with Crippen LogP contribution < -0.4 is 0 Å². The molecular formula is C14H20F2O2. The molecule has 2 nitrogen and oxygen atoms in total. The molecule has 0 atom stereocenters. The number of aliphatic hydroxyl groups excluding tert-OH is 1. The molecule has 0 unspecified atom stereocenters. The lowest BCUT2D eigenvalue weighted by Crippen LogP contribution is -2.26. The lowest BCUT2D eigenvalue weighted by Gasteiger charge is -2.27. The topological polar surface area (TPSA) is 29.5 Å². The molecule has 1 aromatic rings. The van der Waals surface area contributed by atoms with E-state index in [9.17, 15) is 8.78 Å². The number of aliphatic hydroxyl groups is 1. The summed E-state index contributed by atoms with van der Waals surface area (Å²) in [6, 6.07) is 2.68. The van der Waals surface area contributed by atoms with Crippen molar-refractivity contribution in [2.45, 2.75) is 39.2 Å². The lowest BCUT2D eigenvalue weighted by atomic mass is 9.93. The summed E-state index contributed by atoms with van der Waals surface area (Å²) in [4.78, 5) is 0. The number of hydrogen-bond acceptors (Lipinski definition) is 2. The number of hydrogen-bond donors (Lipinski definition) is 1. The van der Waals surface area contributed by atoms with Crippen LogP contribution in [-0.4, -0.2) is 18.3 Å². The van der Waals surface area contributed by atoms with Crippen LogP contribution >= 0.6 is 0 Å². The predicted octanol–water partition coefficient (Wildman–Crippen LogP) is 3.33. The van der Waals surface area contributed by atoms with Gasteiger partial charge in [-0.1, -0.05) is 13.8 Å². The largest absolute Gasteiger partial charge is 0.394 e. The van der Waals surface area contributed by atoms with Crippen LogP contribution in [0.25, 0.3) is 0 Å². The molecule has 0 aliphatic rings. The monoisotopic (exact) mass is 258 g/mol. The Bertz CT molecular complexity index is 391. The summed E-state index contributed by atoms with van der Waals surface area (Å²) >= 11 is 0. The fourth-order valence-corrected chi connectivity index (χ4v) is 1.87. The molecule has 1 rings (SSSR count). The van der Waals surface area contributed by atoms with Gasteiger partial charge < -0.3 is 9.84 Å². The van der Waals surface area contributed by atoms with Gasteiger partial charge in [0.25, 0.3) is 0 Å². The molecule has 1 aromatic carbocycles. The van der Waals surface area contributed by atoms with Crippen molar-refractivity contribution in [1.82, 2.24) is 0 Å². The zero-order valence-electron chi connectivity index (χ0n) is 11.3. The van der Waals surface area contributed by atoms with E-state index in [1.165, 1.54) is 12.1 Å². The van der Waals surface area contributed by atoms with Gasteiger partial charge in [0.15, 0.2) is 0 Å². The third-order valence-corrected chi connectivity index (χ3v) is 2.89. The van der Waals surface area contributed by atoms with Gasteiger partial charge in [-0.25, -0.2) is 8.78 Å². The Balaban J connectivity index is 3.17. The summed E-state index contributed by atoms with van der Waals surface area (Å²) in [6.45, 7) is 6.77. The summed E-state index contributed by atoms with van der Waals surface area (Å²) in [6.07, 6.45) is 0. The maximum Gasteiger partial charge on any atom is 0.132 e. The predicted molar refractivity (Wildman–Crippen MR) is 66.5 cm³/mol. The van der Waals surface area contributed by atoms with E-state index in [1.54, 1.807) is 13.8 Å². The lowest BCUT2D eigenvalue weighted by molar-refractivity contribution is -0.0412. The molecule has 0 aliphatic heterocycles. The van der Waals surface area contributed by atoms with Gasteiger partial charge in [0.2, 0.25) is 0 Å². The first-order valence-corrected chi connectivity index (χ1v) is 6.04. The third kappa shape index (κ3) is 3.27. The highest BCUT2D eigenvalue weighted by Gasteiger charge is 2.29. The molecule has 0 bridgehead atoms. The molecule has 18 heavy (non-hydrogen) atoms. The first-order chi connectivity index (χ1) is 8.29. The van der Waals surface area contributed by atoms with E-state index >= 15 is 0 Å². The van der Waals surface area contributed by atoms with Gasteiger partial charge in [0.05, 0.1) is 24.4 Å². The fourth-order valence-electron chi connectivity index (χ4n) is 1.87. The molecule has 1 N–H and O–H groups in total. The average molecular weight is 258 g/mol. The maximum absolute atomic E-state index is 14.0. The second-order valence-electron chi connectivity index (χ2n) is 5.10. The highest BCUT2D eigenvalue weighted by molar-refractivity contribution is 5.31. The Morgan fingerprint density at radius 1 is 1.22 bits per heavy atom. The van der Waals surface area contributed by atoms with Crippen LogP contribution in [0.3, 0.4) is 0 Å². The maximum atomic E-state index is 14.0. The van der Waals surface area contributed by atoms with Crippen LogP contribution in [-0.2, 0) is 10.3 Å². The van der Waals surface area contributed by atoms with Crippen molar-refractivity contribution in [1.29, 1.82) is 0 Å². The molecule has 0 aromatic heterocycles. The van der Waals surface area contributed by atoms with Crippen LogP contribution in [0.4, 0.5) is 8.78 Å². The van der Waals surface area contributed by atoms with Crippen molar-refractivity contribution in [2.24, 2.45) is 0 Å². The zero-order chi connectivity index (χ0) is 13.9. The Morgan fingerprint density at radius 3 is 2.11 bits per heavy atom. The van der Waals surface area contributed by atoms with Gasteiger partial charge in [-0.2, -0.15) is 0 Å². The van der Waals surface area contributed by atoms with Crippen LogP contribution in [0.1, 0.15) is 44.7 Å². The Kier molecular flexibility index (Phi) is 4.82. The molecule has 0 aliphatic carbocycles. The van der Waals surface area contributed by atoms with Crippen molar-refractivity contribution < 1.29 is 18.6 Å². The molecular weight excluding hydrogens is 238 g/mol. The average Bonchev–Trinajstić information content (AvgIpc) is 2.24. The number of halogens is 2. The Morgan fingerprint density at radius 2 is 1.72 bits per heavy atom. The second kappa shape index (κ2) is 5.76. The van der Waals surface area contributed by atoms with Gasteiger partial charge in [0, 0.05) is 0 Å². The molecule has 0 heterocycles. The molecule has 4 heteroatoms. The van der Waals surface area contributed by atoms with Crippen LogP contribution in [0.5, 0.6) is 0 Å². The van der Waals surface area contributed by atoms with Crippen molar-refractivity contribution in [2.75, 3.05) is 13.2 Å². The van der Waals surface area contributed by atoms with Crippen molar-refractivity contribution in [3.8, 4) is 0 Å². The molecule has 0 saturated carbocycles. The SMILES string of the molecule is CC(C)c1cc(F)c(C(C)(C)OCCO)c(F)c1. The molecule has 102 valence electrons. The summed E-state index contributed by atoms with van der Waals surface area (Å²) < 4.78 is 33.3. The fraction of sp³-hybridized carbons (Fsp3) is 0.571. The van der Waals surface area contributed by atoms with E-state index in [4.69, 9.17) is 9.84 Å². The Hall–Kier alpha value is -1.00. The van der Waals surface area contributed by atoms with Crippen molar-refractivity contribution in [3.05, 3.63) is 34.9 Å².